The molecule has 1 unspecified atom stereocenters. The molecule has 8 heteroatoms. The molecule has 1 aliphatic heterocycles. The quantitative estimate of drug-likeness (QED) is 0.338. The van der Waals surface area contributed by atoms with Gasteiger partial charge in [0.2, 0.25) is 5.91 Å². The van der Waals surface area contributed by atoms with Crippen LogP contribution in [-0.4, -0.2) is 36.2 Å². The summed E-state index contributed by atoms with van der Waals surface area (Å²) in [5.41, 5.74) is 0.602. The van der Waals surface area contributed by atoms with Crippen LogP contribution in [0, 0.1) is 11.3 Å². The normalized spacial score (nSPS) is 14.1. The zero-order valence-corrected chi connectivity index (χ0v) is 20.6. The van der Waals surface area contributed by atoms with E-state index in [1.165, 1.54) is 19.1 Å². The Morgan fingerprint density at radius 1 is 1.20 bits per heavy atom. The van der Waals surface area contributed by atoms with Gasteiger partial charge in [0, 0.05) is 26.9 Å². The third kappa shape index (κ3) is 9.65. The maximum Gasteiger partial charge on any atom is 0.416 e. The minimum atomic E-state index is -4.35. The molecule has 1 saturated heterocycles. The van der Waals surface area contributed by atoms with Crippen molar-refractivity contribution in [3.05, 3.63) is 78.1 Å². The fourth-order valence-corrected chi connectivity index (χ4v) is 3.55. The van der Waals surface area contributed by atoms with Gasteiger partial charge in [-0.15, -0.1) is 0 Å². The van der Waals surface area contributed by atoms with Gasteiger partial charge in [0.1, 0.15) is 5.75 Å². The summed E-state index contributed by atoms with van der Waals surface area (Å²) in [5.74, 6) is 1.64. The van der Waals surface area contributed by atoms with Crippen molar-refractivity contribution in [2.24, 2.45) is 4.99 Å². The third-order valence-electron chi connectivity index (χ3n) is 4.97. The number of hydrogen-bond donors (Lipinski definition) is 0. The molecular formula is C27H32F3N3O2. The molecule has 1 aliphatic rings. The lowest BCUT2D eigenvalue weighted by Crippen LogP contribution is -2.42. The van der Waals surface area contributed by atoms with E-state index in [0.29, 0.717) is 36.4 Å². The largest absolute Gasteiger partial charge is 0.463 e. The Morgan fingerprint density at radius 3 is 2.17 bits per heavy atom. The maximum absolute atomic E-state index is 12.6. The average molecular weight is 488 g/mol. The van der Waals surface area contributed by atoms with Crippen molar-refractivity contribution >= 4 is 11.6 Å². The van der Waals surface area contributed by atoms with Crippen LogP contribution < -0.4 is 4.74 Å². The third-order valence-corrected chi connectivity index (χ3v) is 4.97. The van der Waals surface area contributed by atoms with Crippen LogP contribution in [0.15, 0.2) is 71.9 Å². The SMILES string of the molecule is C=C(C)Oc1ccccc1.CC#N.CCC(C(=NC)c1ccc(C(F)(F)F)cc1)N1CCCC1=O. The number of para-hydroxylation sites is 1. The average Bonchev–Trinajstić information content (AvgIpc) is 3.23. The summed E-state index contributed by atoms with van der Waals surface area (Å²) in [6.45, 7) is 9.51. The molecule has 0 aromatic heterocycles. The number of allylic oxidation sites excluding steroid dienone is 1. The summed E-state index contributed by atoms with van der Waals surface area (Å²) < 4.78 is 43.1. The first-order chi connectivity index (χ1) is 16.6. The van der Waals surface area contributed by atoms with Gasteiger partial charge in [-0.1, -0.05) is 43.8 Å². The molecule has 0 bridgehead atoms. The Morgan fingerprint density at radius 2 is 1.77 bits per heavy atom. The van der Waals surface area contributed by atoms with E-state index < -0.39 is 11.7 Å². The first-order valence-electron chi connectivity index (χ1n) is 11.2. The van der Waals surface area contributed by atoms with Crippen molar-refractivity contribution < 1.29 is 22.7 Å². The summed E-state index contributed by atoms with van der Waals surface area (Å²) in [4.78, 5) is 18.0. The van der Waals surface area contributed by atoms with Gasteiger partial charge in [-0.25, -0.2) is 0 Å². The molecule has 2 aromatic rings. The van der Waals surface area contributed by atoms with Crippen molar-refractivity contribution in [1.82, 2.24) is 4.90 Å². The zero-order valence-electron chi connectivity index (χ0n) is 20.6. The minimum Gasteiger partial charge on any atom is -0.463 e. The number of benzene rings is 2. The fourth-order valence-electron chi connectivity index (χ4n) is 3.55. The number of carbonyl (C=O) groups excluding carboxylic acids is 1. The topological polar surface area (TPSA) is 65.7 Å². The van der Waals surface area contributed by atoms with Gasteiger partial charge in [0.25, 0.3) is 0 Å². The standard InChI is InChI=1S/C16H19F3N2O.C9H10O.C2H3N/c1-3-13(21-10-4-5-14(21)22)15(20-2)11-6-8-12(9-7-11)16(17,18)19;1-8(2)10-9-6-4-3-5-7-9;1-2-3/h6-9,13H,3-5,10H2,1-2H3;3-7H,1H2,2H3;1H3. The summed E-state index contributed by atoms with van der Waals surface area (Å²) in [6, 6.07) is 16.1. The molecule has 1 atom stereocenters. The molecule has 5 nitrogen and oxygen atoms in total. The second kappa shape index (κ2) is 14.6. The van der Waals surface area contributed by atoms with Gasteiger partial charge >= 0.3 is 6.18 Å². The number of likely N-dealkylation sites (tertiary alicyclic amines) is 1. The Bertz CT molecular complexity index is 1010. The van der Waals surface area contributed by atoms with Crippen LogP contribution in [0.5, 0.6) is 5.75 Å². The Hall–Kier alpha value is -3.60. The lowest BCUT2D eigenvalue weighted by Gasteiger charge is -2.28. The number of amides is 1. The predicted octanol–water partition coefficient (Wildman–Crippen LogP) is 6.65. The van der Waals surface area contributed by atoms with E-state index >= 15 is 0 Å². The van der Waals surface area contributed by atoms with Crippen molar-refractivity contribution in [2.45, 2.75) is 52.3 Å². The van der Waals surface area contributed by atoms with Crippen molar-refractivity contribution in [3.8, 4) is 11.8 Å². The highest BCUT2D eigenvalue weighted by Crippen LogP contribution is 2.29. The molecular weight excluding hydrogens is 455 g/mol. The molecule has 1 amide bonds. The van der Waals surface area contributed by atoms with Crippen LogP contribution >= 0.6 is 0 Å². The van der Waals surface area contributed by atoms with E-state index in [1.807, 2.05) is 44.2 Å². The molecule has 1 fully saturated rings. The molecule has 0 spiro atoms. The molecule has 0 aliphatic carbocycles. The number of hydrogen-bond acceptors (Lipinski definition) is 4. The second-order valence-corrected chi connectivity index (χ2v) is 7.64. The van der Waals surface area contributed by atoms with Gasteiger partial charge in [0.05, 0.1) is 29.1 Å². The predicted molar refractivity (Wildman–Crippen MR) is 132 cm³/mol. The van der Waals surface area contributed by atoms with Crippen molar-refractivity contribution in [2.75, 3.05) is 13.6 Å². The zero-order chi connectivity index (χ0) is 26.4. The molecule has 0 radical (unpaired) electrons. The summed E-state index contributed by atoms with van der Waals surface area (Å²) in [5, 5.41) is 7.32. The van der Waals surface area contributed by atoms with Gasteiger partial charge < -0.3 is 9.64 Å². The molecule has 2 aromatic carbocycles. The Balaban J connectivity index is 0.000000391. The number of aliphatic imine (C=N–C) groups is 1. The number of ether oxygens (including phenoxy) is 1. The highest BCUT2D eigenvalue weighted by Gasteiger charge is 2.32. The van der Waals surface area contributed by atoms with E-state index in [0.717, 1.165) is 24.3 Å². The number of carbonyl (C=O) groups is 1. The van der Waals surface area contributed by atoms with E-state index in [1.54, 1.807) is 18.0 Å². The van der Waals surface area contributed by atoms with Gasteiger partial charge in [-0.2, -0.15) is 18.4 Å². The van der Waals surface area contributed by atoms with Crippen LogP contribution in [-0.2, 0) is 11.0 Å². The molecule has 188 valence electrons. The van der Waals surface area contributed by atoms with Gasteiger partial charge in [0.15, 0.2) is 0 Å². The van der Waals surface area contributed by atoms with Crippen LogP contribution in [0.1, 0.15) is 51.2 Å². The first kappa shape index (κ1) is 29.4. The van der Waals surface area contributed by atoms with Crippen LogP contribution in [0.2, 0.25) is 0 Å². The smallest absolute Gasteiger partial charge is 0.416 e. The lowest BCUT2D eigenvalue weighted by atomic mass is 9.98. The fraction of sp³-hybridized carbons (Fsp3) is 0.370. The van der Waals surface area contributed by atoms with E-state index in [2.05, 4.69) is 11.6 Å². The van der Waals surface area contributed by atoms with Gasteiger partial charge in [-0.05, 0) is 49.6 Å². The van der Waals surface area contributed by atoms with E-state index in [4.69, 9.17) is 10.00 Å². The molecule has 3 rings (SSSR count). The van der Waals surface area contributed by atoms with E-state index in [9.17, 15) is 18.0 Å². The number of rotatable bonds is 6. The summed E-state index contributed by atoms with van der Waals surface area (Å²) in [7, 11) is 1.61. The molecule has 1 heterocycles. The number of nitriles is 1. The van der Waals surface area contributed by atoms with Gasteiger partial charge in [-0.3, -0.25) is 9.79 Å². The highest BCUT2D eigenvalue weighted by atomic mass is 19.4. The number of halogens is 3. The van der Waals surface area contributed by atoms with Crippen LogP contribution in [0.3, 0.4) is 0 Å². The summed E-state index contributed by atoms with van der Waals surface area (Å²) >= 11 is 0. The number of nitrogens with zero attached hydrogens (tertiary/aromatic N) is 3. The first-order valence-corrected chi connectivity index (χ1v) is 11.2. The monoisotopic (exact) mass is 487 g/mol. The second-order valence-electron chi connectivity index (χ2n) is 7.64. The van der Waals surface area contributed by atoms with Crippen LogP contribution in [0.25, 0.3) is 0 Å². The Kier molecular flexibility index (Phi) is 12.3. The maximum atomic E-state index is 12.6. The lowest BCUT2D eigenvalue weighted by molar-refractivity contribution is -0.137. The molecule has 35 heavy (non-hydrogen) atoms. The summed E-state index contributed by atoms with van der Waals surface area (Å²) in [6.07, 6.45) is -2.32. The molecule has 0 saturated carbocycles. The van der Waals surface area contributed by atoms with Crippen LogP contribution in [0.4, 0.5) is 13.2 Å². The molecule has 0 N–H and O–H groups in total. The minimum absolute atomic E-state index is 0.0833. The number of alkyl halides is 3. The van der Waals surface area contributed by atoms with E-state index in [-0.39, 0.29) is 11.9 Å². The van der Waals surface area contributed by atoms with Crippen molar-refractivity contribution in [1.29, 1.82) is 5.26 Å². The highest BCUT2D eigenvalue weighted by molar-refractivity contribution is 6.06. The Labute approximate surface area is 205 Å². The van der Waals surface area contributed by atoms with Crippen molar-refractivity contribution in [3.63, 3.8) is 0 Å².